The molecule has 9 heteroatoms. The Morgan fingerprint density at radius 2 is 1.77 bits per heavy atom. The lowest BCUT2D eigenvalue weighted by atomic mass is 10.0. The van der Waals surface area contributed by atoms with Gasteiger partial charge in [-0.2, -0.15) is 4.31 Å². The number of ether oxygens (including phenoxy) is 2. The molecule has 3 aromatic rings. The highest BCUT2D eigenvalue weighted by Gasteiger charge is 2.29. The maximum absolute atomic E-state index is 12.9. The molecule has 0 atom stereocenters. The van der Waals surface area contributed by atoms with E-state index >= 15 is 0 Å². The minimum Gasteiger partial charge on any atom is -0.497 e. The summed E-state index contributed by atoms with van der Waals surface area (Å²) in [4.78, 5) is 12.8. The van der Waals surface area contributed by atoms with Gasteiger partial charge >= 0.3 is 0 Å². The predicted octanol–water partition coefficient (Wildman–Crippen LogP) is 3.76. The van der Waals surface area contributed by atoms with Crippen LogP contribution in [0.15, 0.2) is 58.1 Å². The second-order valence-electron chi connectivity index (χ2n) is 7.06. The number of benzene rings is 2. The van der Waals surface area contributed by atoms with Crippen LogP contribution in [0.25, 0.3) is 0 Å². The second-order valence-corrected chi connectivity index (χ2v) is 10.2. The van der Waals surface area contributed by atoms with Crippen molar-refractivity contribution in [3.63, 3.8) is 0 Å². The summed E-state index contributed by atoms with van der Waals surface area (Å²) in [6.07, 6.45) is 0.626. The number of rotatable bonds is 6. The van der Waals surface area contributed by atoms with Crippen molar-refractivity contribution in [2.75, 3.05) is 26.1 Å². The van der Waals surface area contributed by atoms with Crippen LogP contribution in [0.5, 0.6) is 11.5 Å². The Bertz CT molecular complexity index is 1180. The van der Waals surface area contributed by atoms with Gasteiger partial charge in [0.25, 0.3) is 15.9 Å². The number of methoxy groups -OCH3 is 2. The highest BCUT2D eigenvalue weighted by molar-refractivity contribution is 7.91. The van der Waals surface area contributed by atoms with Crippen LogP contribution < -0.4 is 14.8 Å². The number of anilines is 1. The molecule has 4 rings (SSSR count). The first kappa shape index (κ1) is 21.4. The zero-order chi connectivity index (χ0) is 22.0. The van der Waals surface area contributed by atoms with Crippen molar-refractivity contribution in [2.45, 2.75) is 17.2 Å². The van der Waals surface area contributed by atoms with Crippen molar-refractivity contribution in [3.8, 4) is 11.5 Å². The second kappa shape index (κ2) is 8.70. The molecule has 7 nitrogen and oxygen atoms in total. The van der Waals surface area contributed by atoms with Crippen LogP contribution in [0.4, 0.5) is 5.69 Å². The van der Waals surface area contributed by atoms with E-state index in [-0.39, 0.29) is 12.5 Å². The number of carbonyl (C=O) groups is 1. The number of carbonyl (C=O) groups excluding carboxylic acids is 1. The molecule has 0 aliphatic carbocycles. The van der Waals surface area contributed by atoms with Gasteiger partial charge in [0, 0.05) is 30.4 Å². The number of nitrogens with one attached hydrogen (secondary N) is 1. The van der Waals surface area contributed by atoms with Gasteiger partial charge in [0.15, 0.2) is 0 Å². The van der Waals surface area contributed by atoms with Gasteiger partial charge < -0.3 is 14.8 Å². The van der Waals surface area contributed by atoms with E-state index in [2.05, 4.69) is 5.32 Å². The summed E-state index contributed by atoms with van der Waals surface area (Å²) >= 11 is 1.21. The van der Waals surface area contributed by atoms with Crippen LogP contribution in [0.1, 0.15) is 21.5 Å². The first-order valence-corrected chi connectivity index (χ1v) is 11.9. The molecular formula is C22H22N2O5S2. The van der Waals surface area contributed by atoms with Crippen LogP contribution in [0, 0.1) is 0 Å². The molecule has 0 saturated carbocycles. The highest BCUT2D eigenvalue weighted by Crippen LogP contribution is 2.29. The highest BCUT2D eigenvalue weighted by atomic mass is 32.2. The molecule has 2 aromatic carbocycles. The topological polar surface area (TPSA) is 84.9 Å². The smallest absolute Gasteiger partial charge is 0.255 e. The van der Waals surface area contributed by atoms with Crippen LogP contribution in [0.3, 0.4) is 0 Å². The first-order chi connectivity index (χ1) is 14.9. The number of hydrogen-bond acceptors (Lipinski definition) is 6. The van der Waals surface area contributed by atoms with E-state index in [0.29, 0.717) is 39.9 Å². The van der Waals surface area contributed by atoms with E-state index in [0.717, 1.165) is 11.1 Å². The minimum atomic E-state index is -3.52. The molecule has 0 bridgehead atoms. The van der Waals surface area contributed by atoms with E-state index in [1.807, 2.05) is 18.2 Å². The van der Waals surface area contributed by atoms with Gasteiger partial charge in [-0.1, -0.05) is 12.1 Å². The largest absolute Gasteiger partial charge is 0.497 e. The lowest BCUT2D eigenvalue weighted by Gasteiger charge is -2.28. The predicted molar refractivity (Wildman–Crippen MR) is 120 cm³/mol. The number of thiophene rings is 1. The van der Waals surface area contributed by atoms with Gasteiger partial charge in [-0.25, -0.2) is 8.42 Å². The summed E-state index contributed by atoms with van der Waals surface area (Å²) in [5, 5.41) is 4.63. The fraction of sp³-hybridized carbons (Fsp3) is 0.227. The molecule has 1 aromatic heterocycles. The maximum Gasteiger partial charge on any atom is 0.255 e. The fourth-order valence-corrected chi connectivity index (χ4v) is 6.06. The number of amides is 1. The normalized spacial score (nSPS) is 14.0. The first-order valence-electron chi connectivity index (χ1n) is 9.60. The molecule has 31 heavy (non-hydrogen) atoms. The van der Waals surface area contributed by atoms with Crippen LogP contribution >= 0.6 is 11.3 Å². The summed E-state index contributed by atoms with van der Waals surface area (Å²) in [6, 6.07) is 13.9. The van der Waals surface area contributed by atoms with Crippen molar-refractivity contribution >= 4 is 33.0 Å². The molecule has 0 radical (unpaired) electrons. The Balaban J connectivity index is 1.55. The monoisotopic (exact) mass is 458 g/mol. The Hall–Kier alpha value is -2.88. The molecule has 1 aliphatic heterocycles. The number of sulfonamides is 1. The molecule has 0 fully saturated rings. The third-order valence-corrected chi connectivity index (χ3v) is 8.36. The summed E-state index contributed by atoms with van der Waals surface area (Å²) < 4.78 is 38.0. The van der Waals surface area contributed by atoms with Gasteiger partial charge in [-0.15, -0.1) is 11.3 Å². The zero-order valence-corrected chi connectivity index (χ0v) is 18.8. The lowest BCUT2D eigenvalue weighted by molar-refractivity contribution is 0.102. The molecule has 1 N–H and O–H groups in total. The number of fused-ring (bicyclic) bond motifs is 1. The average Bonchev–Trinajstić information content (AvgIpc) is 3.34. The number of nitrogens with zero attached hydrogens (tertiary/aromatic N) is 1. The van der Waals surface area contributed by atoms with E-state index in [1.165, 1.54) is 29.9 Å². The molecule has 0 unspecified atom stereocenters. The molecular weight excluding hydrogens is 436 g/mol. The van der Waals surface area contributed by atoms with E-state index in [9.17, 15) is 13.2 Å². The maximum atomic E-state index is 12.9. The lowest BCUT2D eigenvalue weighted by Crippen LogP contribution is -2.35. The van der Waals surface area contributed by atoms with Crippen LogP contribution in [0.2, 0.25) is 0 Å². The molecule has 2 heterocycles. The minimum absolute atomic E-state index is 0.270. The summed E-state index contributed by atoms with van der Waals surface area (Å²) in [7, 11) is -0.471. The van der Waals surface area contributed by atoms with Crippen molar-refractivity contribution in [2.24, 2.45) is 0 Å². The van der Waals surface area contributed by atoms with Gasteiger partial charge in [0.1, 0.15) is 15.7 Å². The SMILES string of the molecule is COc1cc(OC)cc(C(=O)Nc2ccc3c(c2)CN(S(=O)(=O)c2cccs2)CC3)c1. The Morgan fingerprint density at radius 3 is 2.42 bits per heavy atom. The van der Waals surface area contributed by atoms with Crippen molar-refractivity contribution in [1.82, 2.24) is 4.31 Å². The summed E-state index contributed by atoms with van der Waals surface area (Å²) in [5.41, 5.74) is 2.96. The van der Waals surface area contributed by atoms with E-state index in [4.69, 9.17) is 9.47 Å². The third kappa shape index (κ3) is 4.43. The van der Waals surface area contributed by atoms with E-state index in [1.54, 1.807) is 35.7 Å². The summed E-state index contributed by atoms with van der Waals surface area (Å²) in [6.45, 7) is 0.703. The fourth-order valence-electron chi connectivity index (χ4n) is 3.49. The molecule has 1 amide bonds. The Morgan fingerprint density at radius 1 is 1.03 bits per heavy atom. The van der Waals surface area contributed by atoms with Crippen LogP contribution in [-0.4, -0.2) is 39.4 Å². The third-order valence-electron chi connectivity index (χ3n) is 5.14. The molecule has 0 spiro atoms. The zero-order valence-electron chi connectivity index (χ0n) is 17.1. The molecule has 0 saturated heterocycles. The molecule has 162 valence electrons. The molecule has 1 aliphatic rings. The van der Waals surface area contributed by atoms with Gasteiger partial charge in [-0.3, -0.25) is 4.79 Å². The van der Waals surface area contributed by atoms with Gasteiger partial charge in [-0.05, 0) is 53.3 Å². The Kier molecular flexibility index (Phi) is 5.99. The van der Waals surface area contributed by atoms with E-state index < -0.39 is 10.0 Å². The summed E-state index contributed by atoms with van der Waals surface area (Å²) in [5.74, 6) is 0.727. The number of hydrogen-bond donors (Lipinski definition) is 1. The van der Waals surface area contributed by atoms with Gasteiger partial charge in [0.2, 0.25) is 0 Å². The van der Waals surface area contributed by atoms with Crippen LogP contribution in [-0.2, 0) is 23.0 Å². The average molecular weight is 459 g/mol. The Labute approximate surface area is 185 Å². The van der Waals surface area contributed by atoms with Gasteiger partial charge in [0.05, 0.1) is 14.2 Å². The van der Waals surface area contributed by atoms with Crippen molar-refractivity contribution < 1.29 is 22.7 Å². The quantitative estimate of drug-likeness (QED) is 0.608. The van der Waals surface area contributed by atoms with Crippen molar-refractivity contribution in [1.29, 1.82) is 0 Å². The standard InChI is InChI=1S/C22H22N2O5S2/c1-28-19-11-16(12-20(13-19)29-2)22(25)23-18-6-5-15-7-8-24(14-17(15)10-18)31(26,27)21-4-3-9-30-21/h3-6,9-13H,7-8,14H2,1-2H3,(H,23,25). The van der Waals surface area contributed by atoms with Crippen molar-refractivity contribution in [3.05, 3.63) is 70.6 Å².